The molecule has 1 unspecified atom stereocenters. The molecule has 7 nitrogen and oxygen atoms in total. The summed E-state index contributed by atoms with van der Waals surface area (Å²) in [7, 11) is -4.47. The summed E-state index contributed by atoms with van der Waals surface area (Å²) in [6.07, 6.45) is 9.21. The Morgan fingerprint density at radius 2 is 1.42 bits per heavy atom. The quantitative estimate of drug-likeness (QED) is 0.280. The molecule has 0 aromatic heterocycles. The van der Waals surface area contributed by atoms with Crippen molar-refractivity contribution in [2.24, 2.45) is 0 Å². The summed E-state index contributed by atoms with van der Waals surface area (Å²) >= 11 is 0. The number of hydrogen-bond acceptors (Lipinski definition) is 7. The smallest absolute Gasteiger partial charge is 0.393 e. The fraction of sp³-hybridized carbons (Fsp3) is 0.933. The van der Waals surface area contributed by atoms with E-state index in [0.717, 1.165) is 19.3 Å². The Morgan fingerprint density at radius 1 is 0.958 bits per heavy atom. The van der Waals surface area contributed by atoms with Crippen LogP contribution in [0.2, 0.25) is 0 Å². The third kappa shape index (κ3) is 15.8. The maximum absolute atomic E-state index is 11.3. The zero-order valence-electron chi connectivity index (χ0n) is 14.9. The normalized spacial score (nSPS) is 12.5. The van der Waals surface area contributed by atoms with Crippen molar-refractivity contribution in [1.82, 2.24) is 0 Å². The molecule has 0 bridgehead atoms. The van der Waals surface area contributed by atoms with Crippen molar-refractivity contribution < 1.29 is 61.3 Å². The summed E-state index contributed by atoms with van der Waals surface area (Å²) in [5.41, 5.74) is 0. The molecule has 0 aliphatic carbocycles. The van der Waals surface area contributed by atoms with E-state index in [1.54, 1.807) is 0 Å². The van der Waals surface area contributed by atoms with Crippen LogP contribution in [0.3, 0.4) is 0 Å². The predicted molar refractivity (Wildman–Crippen MR) is 85.9 cm³/mol. The average molecular weight is 377 g/mol. The average Bonchev–Trinajstić information content (AvgIpc) is 2.51. The van der Waals surface area contributed by atoms with E-state index in [2.05, 4.69) is 15.3 Å². The minimum Gasteiger partial charge on any atom is -0.393 e. The standard InChI is InChI=1S/C15H30O7S.Na/c1-2-3-4-5-6-7-8-9-10-11-12-21-23(19,20)22-15(18)14(17)13-16;/h14,16-17H,2-13H2,1H3;/q;+1. The van der Waals surface area contributed by atoms with Crippen molar-refractivity contribution in [3.63, 3.8) is 0 Å². The van der Waals surface area contributed by atoms with Crippen molar-refractivity contribution in [1.29, 1.82) is 0 Å². The number of hydrogen-bond donors (Lipinski definition) is 2. The summed E-state index contributed by atoms with van der Waals surface area (Å²) in [5.74, 6) is -1.45. The Morgan fingerprint density at radius 3 is 1.88 bits per heavy atom. The molecule has 2 N–H and O–H groups in total. The zero-order valence-corrected chi connectivity index (χ0v) is 17.7. The monoisotopic (exact) mass is 377 g/mol. The van der Waals surface area contributed by atoms with Crippen molar-refractivity contribution in [3.8, 4) is 0 Å². The summed E-state index contributed by atoms with van der Waals surface area (Å²) < 4.78 is 31.0. The van der Waals surface area contributed by atoms with E-state index in [9.17, 15) is 13.2 Å². The first-order valence-electron chi connectivity index (χ1n) is 8.34. The van der Waals surface area contributed by atoms with Crippen molar-refractivity contribution >= 4 is 16.4 Å². The van der Waals surface area contributed by atoms with Crippen LogP contribution in [-0.4, -0.2) is 43.9 Å². The molecule has 0 heterocycles. The second-order valence-electron chi connectivity index (χ2n) is 5.51. The van der Waals surface area contributed by atoms with Crippen molar-refractivity contribution in [2.75, 3.05) is 13.2 Å². The largest absolute Gasteiger partial charge is 1.00 e. The summed E-state index contributed by atoms with van der Waals surface area (Å²) in [5, 5.41) is 17.4. The van der Waals surface area contributed by atoms with Crippen LogP contribution in [-0.2, 0) is 23.6 Å². The second kappa shape index (κ2) is 16.8. The molecule has 1 atom stereocenters. The fourth-order valence-corrected chi connectivity index (χ4v) is 2.69. The number of carbonyl (C=O) groups excluding carboxylic acids is 1. The maximum atomic E-state index is 11.3. The van der Waals surface area contributed by atoms with E-state index in [4.69, 9.17) is 10.2 Å². The third-order valence-electron chi connectivity index (χ3n) is 3.35. The number of aliphatic hydroxyl groups excluding tert-OH is 2. The van der Waals surface area contributed by atoms with Gasteiger partial charge in [0.25, 0.3) is 0 Å². The molecule has 0 aromatic rings. The zero-order chi connectivity index (χ0) is 17.6. The molecule has 24 heavy (non-hydrogen) atoms. The van der Waals surface area contributed by atoms with Crippen LogP contribution >= 0.6 is 0 Å². The molecular formula is C15H30NaO7S+. The van der Waals surface area contributed by atoms with Gasteiger partial charge in [-0.1, -0.05) is 64.7 Å². The van der Waals surface area contributed by atoms with E-state index in [0.29, 0.717) is 6.42 Å². The van der Waals surface area contributed by atoms with E-state index < -0.39 is 29.1 Å². The number of aliphatic hydroxyl groups is 2. The van der Waals surface area contributed by atoms with Crippen LogP contribution in [0.1, 0.15) is 71.1 Å². The third-order valence-corrected chi connectivity index (χ3v) is 4.18. The Bertz CT molecular complexity index is 401. The Labute approximate surface area is 167 Å². The molecule has 0 fully saturated rings. The first-order valence-corrected chi connectivity index (χ1v) is 9.68. The van der Waals surface area contributed by atoms with E-state index in [-0.39, 0.29) is 36.2 Å². The van der Waals surface area contributed by atoms with Crippen molar-refractivity contribution in [3.05, 3.63) is 0 Å². The SMILES string of the molecule is CCCCCCCCCCCCOS(=O)(=O)OC(=O)C(O)CO.[Na+]. The summed E-state index contributed by atoms with van der Waals surface area (Å²) in [4.78, 5) is 11.0. The first-order chi connectivity index (χ1) is 10.9. The topological polar surface area (TPSA) is 110 Å². The number of rotatable bonds is 15. The molecule has 0 saturated carbocycles. The van der Waals surface area contributed by atoms with E-state index >= 15 is 0 Å². The molecule has 0 saturated heterocycles. The van der Waals surface area contributed by atoms with Crippen LogP contribution in [0.4, 0.5) is 0 Å². The molecule has 0 aromatic carbocycles. The predicted octanol–water partition coefficient (Wildman–Crippen LogP) is -0.931. The molecule has 0 aliphatic rings. The molecule has 9 heteroatoms. The molecule has 0 radical (unpaired) electrons. The minimum absolute atomic E-state index is 0. The van der Waals surface area contributed by atoms with Gasteiger partial charge in [-0.05, 0) is 6.42 Å². The van der Waals surface area contributed by atoms with Crippen LogP contribution in [0.25, 0.3) is 0 Å². The van der Waals surface area contributed by atoms with Gasteiger partial charge < -0.3 is 14.4 Å². The van der Waals surface area contributed by atoms with Gasteiger partial charge in [0.15, 0.2) is 6.10 Å². The molecule has 0 amide bonds. The summed E-state index contributed by atoms with van der Waals surface area (Å²) in [6, 6.07) is 0. The van der Waals surface area contributed by atoms with Gasteiger partial charge in [-0.3, -0.25) is 0 Å². The van der Waals surface area contributed by atoms with Gasteiger partial charge in [0.1, 0.15) is 0 Å². The van der Waals surface area contributed by atoms with E-state index in [1.807, 2.05) is 0 Å². The Kier molecular flexibility index (Phi) is 18.5. The van der Waals surface area contributed by atoms with Gasteiger partial charge in [-0.15, -0.1) is 0 Å². The van der Waals surface area contributed by atoms with Crippen LogP contribution in [0.15, 0.2) is 0 Å². The molecule has 0 aliphatic heterocycles. The van der Waals surface area contributed by atoms with Gasteiger partial charge >= 0.3 is 45.9 Å². The molecule has 0 rings (SSSR count). The second-order valence-corrected chi connectivity index (χ2v) is 6.73. The van der Waals surface area contributed by atoms with Crippen molar-refractivity contribution in [2.45, 2.75) is 77.2 Å². The molecule has 138 valence electrons. The van der Waals surface area contributed by atoms with Gasteiger partial charge in [0, 0.05) is 0 Å². The van der Waals surface area contributed by atoms with Gasteiger partial charge in [-0.2, -0.15) is 8.42 Å². The first kappa shape index (κ1) is 26.5. The Hall–Kier alpha value is 0.300. The summed E-state index contributed by atoms with van der Waals surface area (Å²) in [6.45, 7) is 1.21. The van der Waals surface area contributed by atoms with E-state index in [1.165, 1.54) is 38.5 Å². The Balaban J connectivity index is 0. The van der Waals surface area contributed by atoms with Crippen LogP contribution < -0.4 is 29.6 Å². The molecular weight excluding hydrogens is 347 g/mol. The number of unbranched alkanes of at least 4 members (excludes halogenated alkanes) is 9. The van der Waals surface area contributed by atoms with Gasteiger partial charge in [0.05, 0.1) is 13.2 Å². The van der Waals surface area contributed by atoms with Gasteiger partial charge in [-0.25, -0.2) is 8.98 Å². The van der Waals surface area contributed by atoms with Crippen LogP contribution in [0, 0.1) is 0 Å². The number of carbonyl (C=O) groups is 1. The maximum Gasteiger partial charge on any atom is 1.00 e. The minimum atomic E-state index is -4.47. The fourth-order valence-electron chi connectivity index (χ4n) is 2.01. The molecule has 0 spiro atoms. The van der Waals surface area contributed by atoms with Gasteiger partial charge in [0.2, 0.25) is 0 Å². The van der Waals surface area contributed by atoms with Crippen LogP contribution in [0.5, 0.6) is 0 Å².